The Morgan fingerprint density at radius 1 is 1.24 bits per heavy atom. The standard InChI is InChI=1S/C18H31N3O3S/c1-5-20-10-11-21(12-18(20)14-24-13-15(2)3)17-8-6-16(7-9-17)19-25(4,22)23/h6-9,15,18-19H,5,10-14H2,1-4H3. The van der Waals surface area contributed by atoms with Gasteiger partial charge in [0.1, 0.15) is 0 Å². The molecule has 0 saturated carbocycles. The normalized spacial score (nSPS) is 19.4. The van der Waals surface area contributed by atoms with Gasteiger partial charge in [0.05, 0.1) is 18.9 Å². The summed E-state index contributed by atoms with van der Waals surface area (Å²) in [6.07, 6.45) is 1.16. The minimum atomic E-state index is -3.24. The van der Waals surface area contributed by atoms with Crippen LogP contribution in [0, 0.1) is 5.92 Å². The van der Waals surface area contributed by atoms with Gasteiger partial charge in [0, 0.05) is 37.6 Å². The first kappa shape index (κ1) is 20.0. The Morgan fingerprint density at radius 2 is 1.92 bits per heavy atom. The van der Waals surface area contributed by atoms with Crippen LogP contribution in [0.1, 0.15) is 20.8 Å². The number of nitrogens with zero attached hydrogens (tertiary/aromatic N) is 2. The first-order chi connectivity index (χ1) is 11.8. The van der Waals surface area contributed by atoms with Crippen LogP contribution in [-0.4, -0.2) is 65.0 Å². The summed E-state index contributed by atoms with van der Waals surface area (Å²) in [6, 6.07) is 7.95. The smallest absolute Gasteiger partial charge is 0.229 e. The van der Waals surface area contributed by atoms with E-state index in [1.54, 1.807) is 0 Å². The number of piperazine rings is 1. The Labute approximate surface area is 152 Å². The van der Waals surface area contributed by atoms with Crippen LogP contribution >= 0.6 is 0 Å². The van der Waals surface area contributed by atoms with Gasteiger partial charge in [0.2, 0.25) is 10.0 Å². The molecule has 0 amide bonds. The van der Waals surface area contributed by atoms with Crippen LogP contribution in [0.4, 0.5) is 11.4 Å². The molecule has 1 fully saturated rings. The zero-order valence-electron chi connectivity index (χ0n) is 15.7. The first-order valence-corrected chi connectivity index (χ1v) is 10.8. The van der Waals surface area contributed by atoms with Gasteiger partial charge in [0.15, 0.2) is 0 Å². The molecule has 0 aromatic heterocycles. The topological polar surface area (TPSA) is 61.9 Å². The Balaban J connectivity index is 1.99. The van der Waals surface area contributed by atoms with Crippen LogP contribution < -0.4 is 9.62 Å². The summed E-state index contributed by atoms with van der Waals surface area (Å²) >= 11 is 0. The molecule has 142 valence electrons. The molecule has 0 bridgehead atoms. The van der Waals surface area contributed by atoms with Gasteiger partial charge >= 0.3 is 0 Å². The van der Waals surface area contributed by atoms with Crippen LogP contribution in [0.3, 0.4) is 0 Å². The predicted octanol–water partition coefficient (Wildman–Crippen LogP) is 2.24. The fourth-order valence-electron chi connectivity index (χ4n) is 3.10. The molecule has 0 aliphatic carbocycles. The molecule has 2 rings (SSSR count). The molecule has 0 spiro atoms. The van der Waals surface area contributed by atoms with E-state index in [0.29, 0.717) is 17.6 Å². The zero-order valence-corrected chi connectivity index (χ0v) is 16.6. The minimum Gasteiger partial charge on any atom is -0.379 e. The molecule has 1 aliphatic rings. The lowest BCUT2D eigenvalue weighted by molar-refractivity contribution is 0.0435. The third-order valence-corrected chi connectivity index (χ3v) is 4.91. The summed E-state index contributed by atoms with van der Waals surface area (Å²) < 4.78 is 31.0. The van der Waals surface area contributed by atoms with Crippen molar-refractivity contribution in [2.45, 2.75) is 26.8 Å². The van der Waals surface area contributed by atoms with E-state index in [4.69, 9.17) is 4.74 Å². The highest BCUT2D eigenvalue weighted by Gasteiger charge is 2.26. The van der Waals surface area contributed by atoms with Crippen LogP contribution in [0.15, 0.2) is 24.3 Å². The lowest BCUT2D eigenvalue weighted by Gasteiger charge is -2.42. The van der Waals surface area contributed by atoms with Gasteiger partial charge < -0.3 is 9.64 Å². The van der Waals surface area contributed by atoms with Gasteiger partial charge in [-0.05, 0) is 36.7 Å². The van der Waals surface area contributed by atoms with E-state index in [1.807, 2.05) is 24.3 Å². The first-order valence-electron chi connectivity index (χ1n) is 8.93. The maximum atomic E-state index is 11.3. The Morgan fingerprint density at radius 3 is 2.48 bits per heavy atom. The number of hydrogen-bond donors (Lipinski definition) is 1. The van der Waals surface area contributed by atoms with Crippen molar-refractivity contribution in [1.29, 1.82) is 0 Å². The van der Waals surface area contributed by atoms with E-state index in [1.165, 1.54) is 0 Å². The quantitative estimate of drug-likeness (QED) is 0.761. The fraction of sp³-hybridized carbons (Fsp3) is 0.667. The lowest BCUT2D eigenvalue weighted by Crippen LogP contribution is -2.55. The molecule has 25 heavy (non-hydrogen) atoms. The summed E-state index contributed by atoms with van der Waals surface area (Å²) in [5, 5.41) is 0. The van der Waals surface area contributed by atoms with Crippen molar-refractivity contribution in [2.75, 3.05) is 55.3 Å². The van der Waals surface area contributed by atoms with Gasteiger partial charge in [-0.2, -0.15) is 0 Å². The summed E-state index contributed by atoms with van der Waals surface area (Å²) in [7, 11) is -3.24. The SMILES string of the molecule is CCN1CCN(c2ccc(NS(C)(=O)=O)cc2)CC1COCC(C)C. The number of hydrogen-bond acceptors (Lipinski definition) is 5. The molecule has 1 aromatic carbocycles. The number of ether oxygens (including phenoxy) is 1. The monoisotopic (exact) mass is 369 g/mol. The van der Waals surface area contributed by atoms with Crippen molar-refractivity contribution in [2.24, 2.45) is 5.92 Å². The van der Waals surface area contributed by atoms with Crippen LogP contribution in [-0.2, 0) is 14.8 Å². The summed E-state index contributed by atoms with van der Waals surface area (Å²) in [6.45, 7) is 12.0. The van der Waals surface area contributed by atoms with Gasteiger partial charge in [0.25, 0.3) is 0 Å². The second-order valence-corrected chi connectivity index (χ2v) is 8.83. The number of sulfonamides is 1. The molecule has 7 heteroatoms. The van der Waals surface area contributed by atoms with E-state index in [0.717, 1.165) is 51.3 Å². The van der Waals surface area contributed by atoms with Crippen molar-refractivity contribution < 1.29 is 13.2 Å². The fourth-order valence-corrected chi connectivity index (χ4v) is 3.66. The third kappa shape index (κ3) is 6.49. The number of likely N-dealkylation sites (N-methyl/N-ethyl adjacent to an activating group) is 1. The highest BCUT2D eigenvalue weighted by atomic mass is 32.2. The van der Waals surface area contributed by atoms with Gasteiger partial charge in [-0.25, -0.2) is 8.42 Å². The highest BCUT2D eigenvalue weighted by molar-refractivity contribution is 7.92. The summed E-state index contributed by atoms with van der Waals surface area (Å²) in [5.41, 5.74) is 1.71. The van der Waals surface area contributed by atoms with Crippen LogP contribution in [0.5, 0.6) is 0 Å². The van der Waals surface area contributed by atoms with E-state index < -0.39 is 10.0 Å². The molecule has 6 nitrogen and oxygen atoms in total. The molecule has 1 saturated heterocycles. The zero-order chi connectivity index (χ0) is 18.4. The van der Waals surface area contributed by atoms with E-state index in [-0.39, 0.29) is 0 Å². The molecular formula is C18H31N3O3S. The minimum absolute atomic E-state index is 0.381. The average molecular weight is 370 g/mol. The Kier molecular flexibility index (Phi) is 7.10. The van der Waals surface area contributed by atoms with Crippen LogP contribution in [0.2, 0.25) is 0 Å². The Bertz CT molecular complexity index is 631. The Hall–Kier alpha value is -1.31. The maximum absolute atomic E-state index is 11.3. The summed E-state index contributed by atoms with van der Waals surface area (Å²) in [5.74, 6) is 0.546. The average Bonchev–Trinajstić information content (AvgIpc) is 2.53. The number of rotatable bonds is 8. The molecule has 1 atom stereocenters. The van der Waals surface area contributed by atoms with Gasteiger partial charge in [-0.3, -0.25) is 9.62 Å². The second-order valence-electron chi connectivity index (χ2n) is 7.08. The lowest BCUT2D eigenvalue weighted by atomic mass is 10.1. The van der Waals surface area contributed by atoms with Gasteiger partial charge in [-0.15, -0.1) is 0 Å². The summed E-state index contributed by atoms with van der Waals surface area (Å²) in [4.78, 5) is 4.82. The van der Waals surface area contributed by atoms with E-state index in [2.05, 4.69) is 35.3 Å². The second kappa shape index (κ2) is 8.87. The van der Waals surface area contributed by atoms with E-state index >= 15 is 0 Å². The molecule has 1 heterocycles. The highest BCUT2D eigenvalue weighted by Crippen LogP contribution is 2.22. The molecule has 1 unspecified atom stereocenters. The largest absolute Gasteiger partial charge is 0.379 e. The van der Waals surface area contributed by atoms with E-state index in [9.17, 15) is 8.42 Å². The van der Waals surface area contributed by atoms with Crippen molar-refractivity contribution >= 4 is 21.4 Å². The third-order valence-electron chi connectivity index (χ3n) is 4.31. The van der Waals surface area contributed by atoms with Crippen LogP contribution in [0.25, 0.3) is 0 Å². The maximum Gasteiger partial charge on any atom is 0.229 e. The predicted molar refractivity (Wildman–Crippen MR) is 104 cm³/mol. The number of anilines is 2. The molecule has 1 N–H and O–H groups in total. The number of benzene rings is 1. The van der Waals surface area contributed by atoms with Crippen molar-refractivity contribution in [1.82, 2.24) is 4.90 Å². The molecular weight excluding hydrogens is 338 g/mol. The van der Waals surface area contributed by atoms with Crippen molar-refractivity contribution in [3.8, 4) is 0 Å². The molecule has 0 radical (unpaired) electrons. The molecule has 1 aliphatic heterocycles. The van der Waals surface area contributed by atoms with Crippen molar-refractivity contribution in [3.05, 3.63) is 24.3 Å². The van der Waals surface area contributed by atoms with Gasteiger partial charge in [-0.1, -0.05) is 20.8 Å². The van der Waals surface area contributed by atoms with Crippen molar-refractivity contribution in [3.63, 3.8) is 0 Å². The molecule has 1 aromatic rings. The number of nitrogens with one attached hydrogen (secondary N) is 1.